The van der Waals surface area contributed by atoms with E-state index in [1.807, 2.05) is 26.0 Å². The number of nitrogens with two attached hydrogens (primary N) is 1. The maximum atomic E-state index is 12.2. The fourth-order valence-corrected chi connectivity index (χ4v) is 3.65. The first-order chi connectivity index (χ1) is 11.7. The fourth-order valence-electron chi connectivity index (χ4n) is 2.28. The Labute approximate surface area is 153 Å². The number of thioether (sulfide) groups is 1. The van der Waals surface area contributed by atoms with Crippen LogP contribution in [0.4, 0.5) is 0 Å². The lowest BCUT2D eigenvalue weighted by molar-refractivity contribution is -0.119. The summed E-state index contributed by atoms with van der Waals surface area (Å²) < 4.78 is 22.9. The minimum atomic E-state index is -3.76. The number of hydrogen-bond acceptors (Lipinski definition) is 4. The number of benzene rings is 2. The number of hydrogen-bond donors (Lipinski definition) is 2. The molecule has 0 aliphatic heterocycles. The van der Waals surface area contributed by atoms with Gasteiger partial charge in [0.1, 0.15) is 0 Å². The van der Waals surface area contributed by atoms with Crippen LogP contribution in [0.15, 0.2) is 52.3 Å². The Morgan fingerprint density at radius 1 is 1.16 bits per heavy atom. The molecule has 0 fully saturated rings. The molecular weight excluding hydrogens is 356 g/mol. The van der Waals surface area contributed by atoms with E-state index in [9.17, 15) is 13.2 Å². The predicted molar refractivity (Wildman–Crippen MR) is 101 cm³/mol. The van der Waals surface area contributed by atoms with Gasteiger partial charge in [-0.2, -0.15) is 0 Å². The second-order valence-corrected chi connectivity index (χ2v) is 8.55. The van der Waals surface area contributed by atoms with Crippen LogP contribution in [0, 0.1) is 13.8 Å². The minimum Gasteiger partial charge on any atom is -0.349 e. The molecule has 3 N–H and O–H groups in total. The van der Waals surface area contributed by atoms with Gasteiger partial charge in [-0.15, -0.1) is 11.8 Å². The molecule has 25 heavy (non-hydrogen) atoms. The monoisotopic (exact) mass is 378 g/mol. The molecule has 0 saturated heterocycles. The van der Waals surface area contributed by atoms with E-state index in [4.69, 9.17) is 5.14 Å². The van der Waals surface area contributed by atoms with E-state index in [-0.39, 0.29) is 16.8 Å². The molecule has 2 rings (SSSR count). The third-order valence-corrected chi connectivity index (χ3v) is 5.82. The lowest BCUT2D eigenvalue weighted by atomic mass is 10.1. The minimum absolute atomic E-state index is 0.0376. The maximum absolute atomic E-state index is 12.2. The molecule has 0 radical (unpaired) electrons. The Bertz CT molecular complexity index is 880. The van der Waals surface area contributed by atoms with Crippen LogP contribution < -0.4 is 10.5 Å². The van der Waals surface area contributed by atoms with E-state index in [0.717, 1.165) is 4.90 Å². The zero-order valence-electron chi connectivity index (χ0n) is 14.4. The van der Waals surface area contributed by atoms with Crippen LogP contribution in [0.2, 0.25) is 0 Å². The van der Waals surface area contributed by atoms with Crippen LogP contribution in [-0.4, -0.2) is 20.1 Å². The van der Waals surface area contributed by atoms with E-state index in [0.29, 0.717) is 11.3 Å². The van der Waals surface area contributed by atoms with Gasteiger partial charge in [-0.1, -0.05) is 18.2 Å². The van der Waals surface area contributed by atoms with Crippen LogP contribution in [-0.2, 0) is 14.8 Å². The Morgan fingerprint density at radius 2 is 1.88 bits per heavy atom. The van der Waals surface area contributed by atoms with Crippen molar-refractivity contribution in [1.82, 2.24) is 5.32 Å². The second-order valence-electron chi connectivity index (χ2n) is 5.94. The largest absolute Gasteiger partial charge is 0.349 e. The Hall–Kier alpha value is -1.83. The summed E-state index contributed by atoms with van der Waals surface area (Å²) in [6.45, 7) is 5.90. The number of carbonyl (C=O) groups excluding carboxylic acids is 1. The van der Waals surface area contributed by atoms with Crippen LogP contribution in [0.3, 0.4) is 0 Å². The van der Waals surface area contributed by atoms with E-state index >= 15 is 0 Å². The second kappa shape index (κ2) is 8.03. The number of amides is 1. The maximum Gasteiger partial charge on any atom is 0.238 e. The summed E-state index contributed by atoms with van der Waals surface area (Å²) in [6.07, 6.45) is 0. The first-order valence-electron chi connectivity index (χ1n) is 7.79. The van der Waals surface area contributed by atoms with Gasteiger partial charge in [-0.3, -0.25) is 4.79 Å². The summed E-state index contributed by atoms with van der Waals surface area (Å²) in [6, 6.07) is 12.1. The average Bonchev–Trinajstić information content (AvgIpc) is 2.55. The molecule has 0 spiro atoms. The third-order valence-electron chi connectivity index (χ3n) is 3.91. The van der Waals surface area contributed by atoms with E-state index in [1.165, 1.54) is 35.0 Å². The van der Waals surface area contributed by atoms with Gasteiger partial charge in [0.2, 0.25) is 15.9 Å². The van der Waals surface area contributed by atoms with Gasteiger partial charge >= 0.3 is 0 Å². The molecule has 0 aliphatic carbocycles. The molecule has 134 valence electrons. The third kappa shape index (κ3) is 5.59. The topological polar surface area (TPSA) is 89.3 Å². The Balaban J connectivity index is 1.97. The highest BCUT2D eigenvalue weighted by Crippen LogP contribution is 2.22. The van der Waals surface area contributed by atoms with Gasteiger partial charge in [0.15, 0.2) is 0 Å². The van der Waals surface area contributed by atoms with Crippen molar-refractivity contribution in [3.8, 4) is 0 Å². The summed E-state index contributed by atoms with van der Waals surface area (Å²) >= 11 is 1.47. The van der Waals surface area contributed by atoms with Crippen molar-refractivity contribution < 1.29 is 13.2 Å². The van der Waals surface area contributed by atoms with Gasteiger partial charge in [-0.05, 0) is 61.7 Å². The van der Waals surface area contributed by atoms with Gasteiger partial charge in [0, 0.05) is 4.90 Å². The van der Waals surface area contributed by atoms with Crippen molar-refractivity contribution in [3.63, 3.8) is 0 Å². The van der Waals surface area contributed by atoms with E-state index < -0.39 is 10.0 Å². The summed E-state index contributed by atoms with van der Waals surface area (Å²) in [5.41, 5.74) is 3.10. The molecular formula is C18H22N2O3S2. The van der Waals surface area contributed by atoms with Crippen molar-refractivity contribution in [2.45, 2.75) is 36.6 Å². The molecule has 0 saturated carbocycles. The highest BCUT2D eigenvalue weighted by atomic mass is 32.2. The quantitative estimate of drug-likeness (QED) is 0.757. The molecule has 1 amide bonds. The SMILES string of the molecule is Cc1ccc(SCC(=O)NC(C)c2cccc(S(N)(=O)=O)c2)cc1C. The van der Waals surface area contributed by atoms with Crippen molar-refractivity contribution in [2.24, 2.45) is 5.14 Å². The number of sulfonamides is 1. The van der Waals surface area contributed by atoms with Crippen molar-refractivity contribution in [2.75, 3.05) is 5.75 Å². The Morgan fingerprint density at radius 3 is 2.52 bits per heavy atom. The van der Waals surface area contributed by atoms with E-state index in [1.54, 1.807) is 19.1 Å². The normalized spacial score (nSPS) is 12.6. The average molecular weight is 379 g/mol. The number of nitrogens with one attached hydrogen (secondary N) is 1. The highest BCUT2D eigenvalue weighted by molar-refractivity contribution is 8.00. The van der Waals surface area contributed by atoms with Gasteiger partial charge in [0.25, 0.3) is 0 Å². The molecule has 7 heteroatoms. The first kappa shape index (κ1) is 19.5. The summed E-state index contributed by atoms with van der Waals surface area (Å²) in [5.74, 6) is 0.179. The lowest BCUT2D eigenvalue weighted by Crippen LogP contribution is -2.28. The van der Waals surface area contributed by atoms with Gasteiger partial charge < -0.3 is 5.32 Å². The lowest BCUT2D eigenvalue weighted by Gasteiger charge is -2.15. The van der Waals surface area contributed by atoms with Crippen LogP contribution >= 0.6 is 11.8 Å². The zero-order chi connectivity index (χ0) is 18.6. The van der Waals surface area contributed by atoms with Crippen LogP contribution in [0.1, 0.15) is 29.7 Å². The number of rotatable bonds is 6. The molecule has 1 atom stereocenters. The summed E-state index contributed by atoms with van der Waals surface area (Å²) in [5, 5.41) is 8.02. The van der Waals surface area contributed by atoms with Gasteiger partial charge in [0.05, 0.1) is 16.7 Å². The molecule has 0 aliphatic rings. The van der Waals surface area contributed by atoms with E-state index in [2.05, 4.69) is 11.4 Å². The summed E-state index contributed by atoms with van der Waals surface area (Å²) in [4.78, 5) is 13.2. The number of aryl methyl sites for hydroxylation is 2. The van der Waals surface area contributed by atoms with Crippen LogP contribution in [0.25, 0.3) is 0 Å². The van der Waals surface area contributed by atoms with Crippen molar-refractivity contribution in [1.29, 1.82) is 0 Å². The molecule has 0 aromatic heterocycles. The number of carbonyl (C=O) groups is 1. The molecule has 0 bridgehead atoms. The fraction of sp³-hybridized carbons (Fsp3) is 0.278. The smallest absolute Gasteiger partial charge is 0.238 e. The molecule has 2 aromatic carbocycles. The molecule has 0 heterocycles. The first-order valence-corrected chi connectivity index (χ1v) is 10.3. The van der Waals surface area contributed by atoms with Crippen molar-refractivity contribution in [3.05, 3.63) is 59.2 Å². The summed E-state index contributed by atoms with van der Waals surface area (Å²) in [7, 11) is -3.76. The van der Waals surface area contributed by atoms with Gasteiger partial charge in [-0.25, -0.2) is 13.6 Å². The highest BCUT2D eigenvalue weighted by Gasteiger charge is 2.13. The van der Waals surface area contributed by atoms with Crippen molar-refractivity contribution >= 4 is 27.7 Å². The number of primary sulfonamides is 1. The molecule has 2 aromatic rings. The predicted octanol–water partition coefficient (Wildman–Crippen LogP) is 2.92. The molecule has 1 unspecified atom stereocenters. The standard InChI is InChI=1S/C18H22N2O3S2/c1-12-7-8-16(9-13(12)2)24-11-18(21)20-14(3)15-5-4-6-17(10-15)25(19,22)23/h4-10,14H,11H2,1-3H3,(H,20,21)(H2,19,22,23). The zero-order valence-corrected chi connectivity index (χ0v) is 16.1. The Kier molecular flexibility index (Phi) is 6.26. The molecule has 5 nitrogen and oxygen atoms in total. The van der Waals surface area contributed by atoms with Crippen LogP contribution in [0.5, 0.6) is 0 Å².